The summed E-state index contributed by atoms with van der Waals surface area (Å²) in [6.07, 6.45) is 0. The van der Waals surface area contributed by atoms with E-state index in [0.717, 1.165) is 16.3 Å². The van der Waals surface area contributed by atoms with Gasteiger partial charge in [-0.05, 0) is 26.0 Å². The number of Topliss-reactive ketones (excluding diaryl/α,β-unsaturated/α-hetero) is 1. The minimum atomic E-state index is -0.655. The Kier molecular flexibility index (Phi) is 6.60. The third-order valence-electron chi connectivity index (χ3n) is 5.16. The Labute approximate surface area is 195 Å². The zero-order valence-electron chi connectivity index (χ0n) is 19.7. The van der Waals surface area contributed by atoms with Crippen LogP contribution in [-0.4, -0.2) is 36.0 Å². The fourth-order valence-corrected chi connectivity index (χ4v) is 4.14. The van der Waals surface area contributed by atoms with Crippen LogP contribution in [0.25, 0.3) is 11.0 Å². The van der Waals surface area contributed by atoms with Gasteiger partial charge in [-0.15, -0.1) is 0 Å². The highest BCUT2D eigenvalue weighted by atomic mass is 32.2. The lowest BCUT2D eigenvalue weighted by atomic mass is 9.96. The van der Waals surface area contributed by atoms with Crippen LogP contribution >= 0.6 is 11.8 Å². The number of nitrogens with zero attached hydrogens (tertiary/aromatic N) is 4. The van der Waals surface area contributed by atoms with E-state index in [-0.39, 0.29) is 22.7 Å². The first kappa shape index (κ1) is 24.4. The van der Waals surface area contributed by atoms with Crippen molar-refractivity contribution in [3.05, 3.63) is 56.5 Å². The minimum Gasteiger partial charge on any atom is -0.324 e. The molecule has 1 atom stereocenters. The molecule has 0 fully saturated rings. The second-order valence-corrected chi connectivity index (χ2v) is 10.2. The first-order chi connectivity index (χ1) is 15.3. The number of nitrogens with one attached hydrogen (secondary N) is 1. The summed E-state index contributed by atoms with van der Waals surface area (Å²) in [5, 5.41) is 2.64. The number of amides is 1. The lowest BCUT2D eigenvalue weighted by Crippen LogP contribution is -2.38. The number of aromatic nitrogens is 4. The van der Waals surface area contributed by atoms with E-state index in [9.17, 15) is 19.2 Å². The molecule has 0 saturated heterocycles. The highest BCUT2D eigenvalue weighted by Gasteiger charge is 2.26. The van der Waals surface area contributed by atoms with E-state index < -0.39 is 21.9 Å². The highest BCUT2D eigenvalue weighted by molar-refractivity contribution is 8.00. The summed E-state index contributed by atoms with van der Waals surface area (Å²) < 4.78 is 2.31. The first-order valence-electron chi connectivity index (χ1n) is 10.4. The second-order valence-electron chi connectivity index (χ2n) is 8.86. The third-order valence-corrected chi connectivity index (χ3v) is 6.25. The van der Waals surface area contributed by atoms with E-state index in [2.05, 4.69) is 15.3 Å². The number of carbonyl (C=O) groups is 2. The largest absolute Gasteiger partial charge is 0.332 e. The van der Waals surface area contributed by atoms with Crippen molar-refractivity contribution in [3.8, 4) is 0 Å². The fraction of sp³-hybridized carbons (Fsp3) is 0.391. The molecule has 0 aliphatic carbocycles. The molecule has 0 saturated carbocycles. The maximum Gasteiger partial charge on any atom is 0.332 e. The van der Waals surface area contributed by atoms with Crippen molar-refractivity contribution in [2.45, 2.75) is 50.3 Å². The molecule has 0 spiro atoms. The minimum absolute atomic E-state index is 0.160. The summed E-state index contributed by atoms with van der Waals surface area (Å²) in [5.74, 6) is -0.0538. The van der Waals surface area contributed by atoms with Crippen molar-refractivity contribution in [1.82, 2.24) is 19.1 Å². The van der Waals surface area contributed by atoms with Crippen LogP contribution in [-0.2, 0) is 24.3 Å². The summed E-state index contributed by atoms with van der Waals surface area (Å²) in [4.78, 5) is 59.4. The molecule has 0 aliphatic rings. The normalized spacial score (nSPS) is 12.6. The number of anilines is 1. The lowest BCUT2D eigenvalue weighted by Gasteiger charge is -2.20. The van der Waals surface area contributed by atoms with Crippen LogP contribution in [0.15, 0.2) is 38.9 Å². The van der Waals surface area contributed by atoms with Crippen LogP contribution in [0.3, 0.4) is 0 Å². The predicted molar refractivity (Wildman–Crippen MR) is 129 cm³/mol. The third kappa shape index (κ3) is 4.75. The number of hydrogen-bond acceptors (Lipinski definition) is 7. The fourth-order valence-electron chi connectivity index (χ4n) is 3.20. The van der Waals surface area contributed by atoms with Crippen molar-refractivity contribution in [3.63, 3.8) is 0 Å². The summed E-state index contributed by atoms with van der Waals surface area (Å²) in [6, 6.07) is 6.77. The summed E-state index contributed by atoms with van der Waals surface area (Å²) in [6.45, 7) is 8.90. The van der Waals surface area contributed by atoms with Gasteiger partial charge in [-0.2, -0.15) is 0 Å². The van der Waals surface area contributed by atoms with Gasteiger partial charge in [0.05, 0.1) is 10.9 Å². The van der Waals surface area contributed by atoms with Gasteiger partial charge in [0, 0.05) is 25.1 Å². The topological polar surface area (TPSA) is 116 Å². The van der Waals surface area contributed by atoms with Gasteiger partial charge in [-0.25, -0.2) is 14.8 Å². The second kappa shape index (κ2) is 8.93. The van der Waals surface area contributed by atoms with E-state index in [1.54, 1.807) is 38.2 Å². The van der Waals surface area contributed by atoms with Gasteiger partial charge in [-0.1, -0.05) is 44.7 Å². The lowest BCUT2D eigenvalue weighted by molar-refractivity contribution is -0.115. The number of fused-ring (bicyclic) bond motifs is 1. The maximum atomic E-state index is 13.0. The van der Waals surface area contributed by atoms with Crippen LogP contribution in [0.2, 0.25) is 0 Å². The van der Waals surface area contributed by atoms with Crippen LogP contribution in [0.5, 0.6) is 0 Å². The van der Waals surface area contributed by atoms with Crippen LogP contribution in [0.1, 0.15) is 50.8 Å². The maximum absolute atomic E-state index is 13.0. The smallest absolute Gasteiger partial charge is 0.324 e. The summed E-state index contributed by atoms with van der Waals surface area (Å²) in [7, 11) is 2.94. The van der Waals surface area contributed by atoms with Gasteiger partial charge < -0.3 is 5.32 Å². The monoisotopic (exact) mass is 469 g/mol. The SMILES string of the molecule is CC(=O)c1ccccc1NC(=O)C(C)Sc1nc(C(C)(C)C)nc2c1c(=O)n(C)c(=O)n2C. The van der Waals surface area contributed by atoms with E-state index in [1.807, 2.05) is 20.8 Å². The number of para-hydroxylation sites is 1. The van der Waals surface area contributed by atoms with Crippen LogP contribution < -0.4 is 16.6 Å². The van der Waals surface area contributed by atoms with Crippen molar-refractivity contribution < 1.29 is 9.59 Å². The molecular weight excluding hydrogens is 442 g/mol. The van der Waals surface area contributed by atoms with Crippen LogP contribution in [0.4, 0.5) is 5.69 Å². The molecule has 0 aliphatic heterocycles. The van der Waals surface area contributed by atoms with Crippen molar-refractivity contribution in [2.75, 3.05) is 5.32 Å². The molecule has 1 unspecified atom stereocenters. The number of hydrogen-bond donors (Lipinski definition) is 1. The van der Waals surface area contributed by atoms with Gasteiger partial charge >= 0.3 is 5.69 Å². The van der Waals surface area contributed by atoms with Gasteiger partial charge in [-0.3, -0.25) is 23.5 Å². The molecule has 1 aromatic carbocycles. The molecule has 33 heavy (non-hydrogen) atoms. The molecule has 3 rings (SSSR count). The number of benzene rings is 1. The average Bonchev–Trinajstić information content (AvgIpc) is 2.75. The van der Waals surface area contributed by atoms with Crippen LogP contribution in [0, 0.1) is 0 Å². The Bertz CT molecular complexity index is 1380. The quantitative estimate of drug-likeness (QED) is 0.347. The zero-order valence-corrected chi connectivity index (χ0v) is 20.5. The average molecular weight is 470 g/mol. The molecule has 10 heteroatoms. The Morgan fingerprint density at radius 2 is 1.70 bits per heavy atom. The number of ketones is 1. The van der Waals surface area contributed by atoms with Crippen molar-refractivity contribution in [2.24, 2.45) is 14.1 Å². The zero-order chi connectivity index (χ0) is 24.7. The highest BCUT2D eigenvalue weighted by Crippen LogP contribution is 2.30. The molecule has 1 N–H and O–H groups in total. The van der Waals surface area contributed by atoms with Gasteiger partial charge in [0.15, 0.2) is 11.4 Å². The number of rotatable bonds is 5. The molecule has 0 bridgehead atoms. The Morgan fingerprint density at radius 3 is 2.30 bits per heavy atom. The standard InChI is InChI=1S/C23H27N5O4S/c1-12(29)14-10-8-9-11-15(14)24-18(30)13(2)33-19-16-17(25-21(26-19)23(3,4)5)27(6)22(32)28(7)20(16)31/h8-11,13H,1-7H3,(H,24,30). The molecule has 2 aromatic heterocycles. The number of thioether (sulfide) groups is 1. The molecule has 3 aromatic rings. The molecule has 0 radical (unpaired) electrons. The van der Waals surface area contributed by atoms with Gasteiger partial charge in [0.2, 0.25) is 5.91 Å². The summed E-state index contributed by atoms with van der Waals surface area (Å²) >= 11 is 1.11. The number of carbonyl (C=O) groups excluding carboxylic acids is 2. The van der Waals surface area contributed by atoms with E-state index in [0.29, 0.717) is 22.1 Å². The molecular formula is C23H27N5O4S. The van der Waals surface area contributed by atoms with Gasteiger partial charge in [0.25, 0.3) is 5.56 Å². The van der Waals surface area contributed by atoms with E-state index in [1.165, 1.54) is 18.5 Å². The van der Waals surface area contributed by atoms with Gasteiger partial charge in [0.1, 0.15) is 16.2 Å². The van der Waals surface area contributed by atoms with Crippen molar-refractivity contribution >= 4 is 40.2 Å². The molecule has 174 valence electrons. The van der Waals surface area contributed by atoms with E-state index >= 15 is 0 Å². The van der Waals surface area contributed by atoms with Crippen molar-refractivity contribution in [1.29, 1.82) is 0 Å². The summed E-state index contributed by atoms with van der Waals surface area (Å²) in [5.41, 5.74) is -0.413. The Balaban J connectivity index is 2.08. The predicted octanol–water partition coefficient (Wildman–Crippen LogP) is 2.65. The number of aryl methyl sites for hydroxylation is 1. The Hall–Kier alpha value is -3.27. The molecule has 1 amide bonds. The van der Waals surface area contributed by atoms with E-state index in [4.69, 9.17) is 0 Å². The Morgan fingerprint density at radius 1 is 1.06 bits per heavy atom. The first-order valence-corrected chi connectivity index (χ1v) is 11.3. The molecule has 2 heterocycles. The molecule has 9 nitrogen and oxygen atoms in total.